The number of hydrogen-bond acceptors (Lipinski definition) is 4. The molecule has 0 aliphatic rings. The Labute approximate surface area is 82.4 Å². The van der Waals surface area contributed by atoms with E-state index in [9.17, 15) is 4.79 Å². The van der Waals surface area contributed by atoms with Crippen LogP contribution in [0.15, 0.2) is 0 Å². The molecule has 0 aromatic carbocycles. The van der Waals surface area contributed by atoms with Crippen LogP contribution < -0.4 is 5.32 Å². The van der Waals surface area contributed by atoms with E-state index in [2.05, 4.69) is 17.0 Å². The molecule has 0 rings (SSSR count). The van der Waals surface area contributed by atoms with E-state index in [0.717, 1.165) is 0 Å². The van der Waals surface area contributed by atoms with Crippen molar-refractivity contribution in [2.45, 2.75) is 38.7 Å². The molecule has 0 aliphatic carbocycles. The zero-order valence-corrected chi connectivity index (χ0v) is 9.46. The van der Waals surface area contributed by atoms with Crippen LogP contribution >= 0.6 is 22.5 Å². The molecular weight excluding hydrogens is 194 g/mol. The van der Waals surface area contributed by atoms with E-state index in [1.807, 2.05) is 27.7 Å². The van der Waals surface area contributed by atoms with Gasteiger partial charge in [-0.1, -0.05) is 10.8 Å². The maximum atomic E-state index is 11.0. The van der Waals surface area contributed by atoms with Gasteiger partial charge in [-0.25, -0.2) is 4.79 Å². The van der Waals surface area contributed by atoms with Gasteiger partial charge in [0.1, 0.15) is 5.60 Å². The molecule has 0 radical (unpaired) electrons. The highest BCUT2D eigenvalue weighted by molar-refractivity contribution is 8.68. The second-order valence-electron chi connectivity index (χ2n) is 3.39. The average Bonchev–Trinajstić information content (AvgIpc) is 1.82. The van der Waals surface area contributed by atoms with Gasteiger partial charge in [0.2, 0.25) is 0 Å². The summed E-state index contributed by atoms with van der Waals surface area (Å²) in [6.45, 7) is 7.31. The monoisotopic (exact) mass is 209 g/mol. The Morgan fingerprint density at radius 1 is 1.58 bits per heavy atom. The third-order valence-corrected chi connectivity index (χ3v) is 2.26. The van der Waals surface area contributed by atoms with E-state index in [-0.39, 0.29) is 5.37 Å². The number of rotatable bonds is 2. The normalized spacial score (nSPS) is 13.8. The Balaban J connectivity index is 3.75. The fourth-order valence-electron chi connectivity index (χ4n) is 0.500. The molecule has 0 fully saturated rings. The molecule has 0 saturated carbocycles. The molecule has 1 atom stereocenters. The van der Waals surface area contributed by atoms with Crippen molar-refractivity contribution in [3.63, 3.8) is 0 Å². The fourth-order valence-corrected chi connectivity index (χ4v) is 0.807. The van der Waals surface area contributed by atoms with Gasteiger partial charge in [0.15, 0.2) is 0 Å². The van der Waals surface area contributed by atoms with Crippen LogP contribution in [-0.4, -0.2) is 17.1 Å². The number of carbonyl (C=O) groups excluding carboxylic acids is 1. The van der Waals surface area contributed by atoms with Crippen molar-refractivity contribution >= 4 is 28.5 Å². The SMILES string of the molecule is CC(NC(=O)OC(C)(C)C)SS. The summed E-state index contributed by atoms with van der Waals surface area (Å²) >= 11 is 3.95. The Morgan fingerprint density at radius 2 is 2.08 bits per heavy atom. The summed E-state index contributed by atoms with van der Waals surface area (Å²) in [5.41, 5.74) is -0.439. The molecule has 0 aromatic rings. The molecule has 72 valence electrons. The smallest absolute Gasteiger partial charge is 0.408 e. The highest BCUT2D eigenvalue weighted by Crippen LogP contribution is 2.12. The lowest BCUT2D eigenvalue weighted by Crippen LogP contribution is -2.35. The maximum Gasteiger partial charge on any atom is 0.408 e. The Bertz CT molecular complexity index is 156. The molecule has 3 nitrogen and oxygen atoms in total. The van der Waals surface area contributed by atoms with E-state index in [0.29, 0.717) is 0 Å². The summed E-state index contributed by atoms with van der Waals surface area (Å²) in [5.74, 6) is 0. The quantitative estimate of drug-likeness (QED) is 0.417. The van der Waals surface area contributed by atoms with Gasteiger partial charge in [-0.3, -0.25) is 0 Å². The van der Waals surface area contributed by atoms with Crippen LogP contribution in [0.25, 0.3) is 0 Å². The largest absolute Gasteiger partial charge is 0.444 e. The predicted octanol–water partition coefficient (Wildman–Crippen LogP) is 2.44. The van der Waals surface area contributed by atoms with Crippen LogP contribution in [-0.2, 0) is 4.74 Å². The number of amides is 1. The Morgan fingerprint density at radius 3 is 2.42 bits per heavy atom. The predicted molar refractivity (Wildman–Crippen MR) is 55.4 cm³/mol. The lowest BCUT2D eigenvalue weighted by Gasteiger charge is -2.20. The maximum absolute atomic E-state index is 11.0. The Kier molecular flexibility index (Phi) is 4.85. The molecule has 0 aromatic heterocycles. The minimum Gasteiger partial charge on any atom is -0.444 e. The van der Waals surface area contributed by atoms with Crippen LogP contribution in [0.1, 0.15) is 27.7 Å². The molecule has 0 bridgehead atoms. The van der Waals surface area contributed by atoms with Crippen LogP contribution in [0, 0.1) is 0 Å². The van der Waals surface area contributed by atoms with E-state index >= 15 is 0 Å². The minimum atomic E-state index is -0.439. The van der Waals surface area contributed by atoms with E-state index < -0.39 is 11.7 Å². The summed E-state index contributed by atoms with van der Waals surface area (Å²) < 4.78 is 5.01. The molecule has 1 N–H and O–H groups in total. The van der Waals surface area contributed by atoms with Crippen LogP contribution in [0.4, 0.5) is 4.79 Å². The van der Waals surface area contributed by atoms with E-state index in [1.54, 1.807) is 0 Å². The van der Waals surface area contributed by atoms with Gasteiger partial charge in [0, 0.05) is 0 Å². The molecule has 0 heterocycles. The first-order valence-corrected chi connectivity index (χ1v) is 5.58. The van der Waals surface area contributed by atoms with Gasteiger partial charge in [-0.05, 0) is 27.7 Å². The highest BCUT2D eigenvalue weighted by atomic mass is 33.1. The minimum absolute atomic E-state index is 0.0387. The summed E-state index contributed by atoms with van der Waals surface area (Å²) in [5, 5.41) is 2.57. The average molecular weight is 209 g/mol. The topological polar surface area (TPSA) is 38.3 Å². The fraction of sp³-hybridized carbons (Fsp3) is 0.857. The van der Waals surface area contributed by atoms with Crippen molar-refractivity contribution < 1.29 is 9.53 Å². The molecular formula is C7H15NO2S2. The lowest BCUT2D eigenvalue weighted by atomic mass is 10.2. The molecule has 0 spiro atoms. The second-order valence-corrected chi connectivity index (χ2v) is 4.94. The zero-order chi connectivity index (χ0) is 9.78. The van der Waals surface area contributed by atoms with Gasteiger partial charge >= 0.3 is 6.09 Å². The van der Waals surface area contributed by atoms with Gasteiger partial charge in [-0.15, -0.1) is 11.7 Å². The van der Waals surface area contributed by atoms with E-state index in [4.69, 9.17) is 4.74 Å². The van der Waals surface area contributed by atoms with Gasteiger partial charge in [0.25, 0.3) is 0 Å². The zero-order valence-electron chi connectivity index (χ0n) is 7.75. The van der Waals surface area contributed by atoms with Gasteiger partial charge in [0.05, 0.1) is 5.37 Å². The molecule has 0 saturated heterocycles. The van der Waals surface area contributed by atoms with E-state index in [1.165, 1.54) is 10.8 Å². The van der Waals surface area contributed by atoms with Crippen LogP contribution in [0.3, 0.4) is 0 Å². The Hall–Kier alpha value is -0.0300. The standard InChI is InChI=1S/C7H15NO2S2/c1-5(12-11)8-6(9)10-7(2,3)4/h5,11H,1-4H3,(H,8,9). The third kappa shape index (κ3) is 6.67. The first-order valence-electron chi connectivity index (χ1n) is 3.65. The van der Waals surface area contributed by atoms with Crippen molar-refractivity contribution in [1.29, 1.82) is 0 Å². The third-order valence-electron chi connectivity index (χ3n) is 0.878. The van der Waals surface area contributed by atoms with Crippen LogP contribution in [0.2, 0.25) is 0 Å². The van der Waals surface area contributed by atoms with Crippen molar-refractivity contribution in [2.24, 2.45) is 0 Å². The first kappa shape index (κ1) is 12.0. The van der Waals surface area contributed by atoms with Crippen molar-refractivity contribution in [3.8, 4) is 0 Å². The van der Waals surface area contributed by atoms with Gasteiger partial charge < -0.3 is 10.1 Å². The van der Waals surface area contributed by atoms with Crippen molar-refractivity contribution in [2.75, 3.05) is 0 Å². The lowest BCUT2D eigenvalue weighted by molar-refractivity contribution is 0.0525. The summed E-state index contributed by atoms with van der Waals surface area (Å²) in [4.78, 5) is 11.0. The highest BCUT2D eigenvalue weighted by Gasteiger charge is 2.17. The summed E-state index contributed by atoms with van der Waals surface area (Å²) in [6, 6.07) is 0. The van der Waals surface area contributed by atoms with Gasteiger partial charge in [-0.2, -0.15) is 0 Å². The first-order chi connectivity index (χ1) is 5.35. The summed E-state index contributed by atoms with van der Waals surface area (Å²) in [7, 11) is 1.26. The number of alkyl carbamates (subject to hydrolysis) is 1. The number of hydrogen-bond donors (Lipinski definition) is 2. The summed E-state index contributed by atoms with van der Waals surface area (Å²) in [6.07, 6.45) is -0.406. The number of nitrogens with one attached hydrogen (secondary N) is 1. The molecule has 1 unspecified atom stereocenters. The van der Waals surface area contributed by atoms with Crippen LogP contribution in [0.5, 0.6) is 0 Å². The molecule has 5 heteroatoms. The molecule has 1 amide bonds. The second kappa shape index (κ2) is 4.87. The number of carbonyl (C=O) groups is 1. The number of ether oxygens (including phenoxy) is 1. The van der Waals surface area contributed by atoms with Crippen molar-refractivity contribution in [3.05, 3.63) is 0 Å². The number of thiol groups is 1. The molecule has 12 heavy (non-hydrogen) atoms. The van der Waals surface area contributed by atoms with Crippen molar-refractivity contribution in [1.82, 2.24) is 5.32 Å². The molecule has 0 aliphatic heterocycles.